The minimum absolute atomic E-state index is 0.257. The average Bonchev–Trinajstić information content (AvgIpc) is 2.15. The molecule has 1 atom stereocenters. The quantitative estimate of drug-likeness (QED) is 0.704. The normalized spacial score (nSPS) is 12.1. The van der Waals surface area contributed by atoms with E-state index in [9.17, 15) is 4.39 Å². The predicted octanol–water partition coefficient (Wildman–Crippen LogP) is 2.24. The first kappa shape index (κ1) is 9.76. The summed E-state index contributed by atoms with van der Waals surface area (Å²) in [5, 5.41) is 0. The van der Waals surface area contributed by atoms with Crippen LogP contribution >= 0.6 is 0 Å². The van der Waals surface area contributed by atoms with E-state index in [-0.39, 0.29) is 11.9 Å². The fourth-order valence-electron chi connectivity index (χ4n) is 1.17. The molecular weight excluding hydrogens is 165 g/mol. The van der Waals surface area contributed by atoms with Crippen LogP contribution in [0.25, 0.3) is 0 Å². The highest BCUT2D eigenvalue weighted by Gasteiger charge is 2.08. The number of terminal acetylenes is 1. The summed E-state index contributed by atoms with van der Waals surface area (Å²) in [6.45, 7) is 0. The Morgan fingerprint density at radius 2 is 2.15 bits per heavy atom. The van der Waals surface area contributed by atoms with Gasteiger partial charge in [-0.15, -0.1) is 12.3 Å². The molecule has 0 saturated carbocycles. The van der Waals surface area contributed by atoms with Crippen molar-refractivity contribution >= 4 is 0 Å². The van der Waals surface area contributed by atoms with Crippen LogP contribution in [0.15, 0.2) is 24.3 Å². The zero-order chi connectivity index (χ0) is 9.68. The standard InChI is InChI=1S/C11H12FN/c1-2-3-8-11(13)9-6-4-5-7-10(9)12/h1,4-7,11H,3,8,13H2. The molecule has 0 spiro atoms. The van der Waals surface area contributed by atoms with Crippen molar-refractivity contribution in [3.8, 4) is 12.3 Å². The largest absolute Gasteiger partial charge is 0.324 e. The van der Waals surface area contributed by atoms with Gasteiger partial charge in [0.05, 0.1) is 0 Å². The van der Waals surface area contributed by atoms with Crippen LogP contribution in [0.1, 0.15) is 24.4 Å². The maximum Gasteiger partial charge on any atom is 0.127 e. The summed E-state index contributed by atoms with van der Waals surface area (Å²) < 4.78 is 13.1. The molecule has 1 nitrogen and oxygen atoms in total. The van der Waals surface area contributed by atoms with E-state index in [0.29, 0.717) is 18.4 Å². The van der Waals surface area contributed by atoms with Gasteiger partial charge in [0.2, 0.25) is 0 Å². The van der Waals surface area contributed by atoms with E-state index in [4.69, 9.17) is 12.2 Å². The number of hydrogen-bond acceptors (Lipinski definition) is 1. The molecule has 0 heterocycles. The summed E-state index contributed by atoms with van der Waals surface area (Å²) in [5.41, 5.74) is 6.29. The van der Waals surface area contributed by atoms with Crippen molar-refractivity contribution in [2.75, 3.05) is 0 Å². The van der Waals surface area contributed by atoms with Crippen molar-refractivity contribution in [3.05, 3.63) is 35.6 Å². The van der Waals surface area contributed by atoms with Crippen molar-refractivity contribution in [2.45, 2.75) is 18.9 Å². The third-order valence-electron chi connectivity index (χ3n) is 1.90. The molecule has 1 unspecified atom stereocenters. The van der Waals surface area contributed by atoms with Gasteiger partial charge < -0.3 is 5.73 Å². The van der Waals surface area contributed by atoms with Crippen LogP contribution in [-0.2, 0) is 0 Å². The number of rotatable bonds is 3. The van der Waals surface area contributed by atoms with Crippen LogP contribution in [-0.4, -0.2) is 0 Å². The van der Waals surface area contributed by atoms with Gasteiger partial charge in [-0.25, -0.2) is 4.39 Å². The molecule has 0 aliphatic heterocycles. The number of nitrogens with two attached hydrogens (primary N) is 1. The van der Waals surface area contributed by atoms with E-state index < -0.39 is 0 Å². The molecule has 0 aromatic heterocycles. The second kappa shape index (κ2) is 4.64. The van der Waals surface area contributed by atoms with Crippen molar-refractivity contribution in [3.63, 3.8) is 0 Å². The van der Waals surface area contributed by atoms with Gasteiger partial charge in [-0.05, 0) is 12.5 Å². The van der Waals surface area contributed by atoms with Crippen molar-refractivity contribution in [2.24, 2.45) is 5.73 Å². The molecule has 0 radical (unpaired) electrons. The Balaban J connectivity index is 2.72. The smallest absolute Gasteiger partial charge is 0.127 e. The van der Waals surface area contributed by atoms with Crippen molar-refractivity contribution in [1.29, 1.82) is 0 Å². The summed E-state index contributed by atoms with van der Waals surface area (Å²) in [7, 11) is 0. The lowest BCUT2D eigenvalue weighted by Gasteiger charge is -2.10. The Morgan fingerprint density at radius 3 is 2.77 bits per heavy atom. The first-order valence-electron chi connectivity index (χ1n) is 4.19. The molecule has 1 aromatic rings. The monoisotopic (exact) mass is 177 g/mol. The van der Waals surface area contributed by atoms with Gasteiger partial charge in [0.15, 0.2) is 0 Å². The first-order chi connectivity index (χ1) is 6.25. The molecule has 1 aromatic carbocycles. The first-order valence-corrected chi connectivity index (χ1v) is 4.19. The van der Waals surface area contributed by atoms with Crippen LogP contribution in [0.3, 0.4) is 0 Å². The molecule has 2 N–H and O–H groups in total. The molecule has 13 heavy (non-hydrogen) atoms. The van der Waals surface area contributed by atoms with E-state index in [2.05, 4.69) is 5.92 Å². The Hall–Kier alpha value is -1.33. The lowest BCUT2D eigenvalue weighted by Crippen LogP contribution is -2.11. The third kappa shape index (κ3) is 2.57. The van der Waals surface area contributed by atoms with E-state index >= 15 is 0 Å². The van der Waals surface area contributed by atoms with Gasteiger partial charge >= 0.3 is 0 Å². The van der Waals surface area contributed by atoms with Crippen LogP contribution in [0.4, 0.5) is 4.39 Å². The molecule has 0 saturated heterocycles. The Bertz CT molecular complexity index is 314. The fourth-order valence-corrected chi connectivity index (χ4v) is 1.17. The average molecular weight is 177 g/mol. The minimum atomic E-state index is -0.294. The molecular formula is C11H12FN. The van der Waals surface area contributed by atoms with Gasteiger partial charge in [-0.1, -0.05) is 18.2 Å². The second-order valence-electron chi connectivity index (χ2n) is 2.87. The third-order valence-corrected chi connectivity index (χ3v) is 1.90. The van der Waals surface area contributed by atoms with Crippen LogP contribution in [0.5, 0.6) is 0 Å². The number of benzene rings is 1. The van der Waals surface area contributed by atoms with Crippen molar-refractivity contribution in [1.82, 2.24) is 0 Å². The van der Waals surface area contributed by atoms with Crippen molar-refractivity contribution < 1.29 is 4.39 Å². The van der Waals surface area contributed by atoms with Gasteiger partial charge in [0.1, 0.15) is 5.82 Å². The zero-order valence-electron chi connectivity index (χ0n) is 7.33. The fraction of sp³-hybridized carbons (Fsp3) is 0.273. The summed E-state index contributed by atoms with van der Waals surface area (Å²) in [6, 6.07) is 6.22. The van der Waals surface area contributed by atoms with E-state index in [0.717, 1.165) is 0 Å². The van der Waals surface area contributed by atoms with Crippen LogP contribution < -0.4 is 5.73 Å². The molecule has 0 aliphatic carbocycles. The summed E-state index contributed by atoms with van der Waals surface area (Å²) >= 11 is 0. The van der Waals surface area contributed by atoms with Crippen LogP contribution in [0, 0.1) is 18.2 Å². The van der Waals surface area contributed by atoms with E-state index in [1.54, 1.807) is 18.2 Å². The highest BCUT2D eigenvalue weighted by molar-refractivity contribution is 5.20. The maximum atomic E-state index is 13.1. The number of hydrogen-bond donors (Lipinski definition) is 1. The van der Waals surface area contributed by atoms with Gasteiger partial charge in [-0.2, -0.15) is 0 Å². The summed E-state index contributed by atoms with van der Waals surface area (Å²) in [4.78, 5) is 0. The van der Waals surface area contributed by atoms with Gasteiger partial charge in [0, 0.05) is 18.0 Å². The van der Waals surface area contributed by atoms with Gasteiger partial charge in [0.25, 0.3) is 0 Å². The summed E-state index contributed by atoms with van der Waals surface area (Å²) in [6.07, 6.45) is 6.29. The SMILES string of the molecule is C#CCCC(N)c1ccccc1F. The van der Waals surface area contributed by atoms with E-state index in [1.807, 2.05) is 0 Å². The lowest BCUT2D eigenvalue weighted by atomic mass is 10.0. The predicted molar refractivity (Wildman–Crippen MR) is 51.4 cm³/mol. The number of halogens is 1. The Morgan fingerprint density at radius 1 is 1.46 bits per heavy atom. The molecule has 0 aliphatic rings. The Labute approximate surface area is 77.8 Å². The van der Waals surface area contributed by atoms with Crippen LogP contribution in [0.2, 0.25) is 0 Å². The molecule has 0 fully saturated rings. The zero-order valence-corrected chi connectivity index (χ0v) is 7.33. The lowest BCUT2D eigenvalue weighted by molar-refractivity contribution is 0.568. The summed E-state index contributed by atoms with van der Waals surface area (Å²) in [5.74, 6) is 2.23. The molecule has 0 amide bonds. The maximum absolute atomic E-state index is 13.1. The molecule has 2 heteroatoms. The van der Waals surface area contributed by atoms with Gasteiger partial charge in [-0.3, -0.25) is 0 Å². The highest BCUT2D eigenvalue weighted by Crippen LogP contribution is 2.18. The molecule has 68 valence electrons. The Kier molecular flexibility index (Phi) is 3.48. The molecule has 0 bridgehead atoms. The minimum Gasteiger partial charge on any atom is -0.324 e. The molecule has 1 rings (SSSR count). The topological polar surface area (TPSA) is 26.0 Å². The van der Waals surface area contributed by atoms with E-state index in [1.165, 1.54) is 6.07 Å². The second-order valence-corrected chi connectivity index (χ2v) is 2.87. The highest BCUT2D eigenvalue weighted by atomic mass is 19.1.